The molecule has 1 amide bonds. The van der Waals surface area contributed by atoms with E-state index in [1.165, 1.54) is 10.9 Å². The summed E-state index contributed by atoms with van der Waals surface area (Å²) in [6.45, 7) is 0.217. The van der Waals surface area contributed by atoms with Gasteiger partial charge in [-0.1, -0.05) is 35.5 Å². The van der Waals surface area contributed by atoms with Gasteiger partial charge in [0.05, 0.1) is 18.8 Å². The van der Waals surface area contributed by atoms with Gasteiger partial charge in [0.15, 0.2) is 5.69 Å². The first-order valence-electron chi connectivity index (χ1n) is 5.35. The molecule has 0 saturated heterocycles. The summed E-state index contributed by atoms with van der Waals surface area (Å²) in [6.07, 6.45) is 0.718. The van der Waals surface area contributed by atoms with Gasteiger partial charge in [-0.25, -0.2) is 10.5 Å². The van der Waals surface area contributed by atoms with E-state index in [1.54, 1.807) is 0 Å². The van der Waals surface area contributed by atoms with Crippen molar-refractivity contribution in [3.8, 4) is 0 Å². The first kappa shape index (κ1) is 12.2. The van der Waals surface area contributed by atoms with Crippen LogP contribution in [0.2, 0.25) is 0 Å². The SMILES string of the molecule is NNC(=O)c1cn(C[C@@H](O)c2ccccc2)nn1. The maximum atomic E-state index is 11.2. The number of nitrogens with two attached hydrogens (primary N) is 1. The van der Waals surface area contributed by atoms with Gasteiger partial charge in [-0.15, -0.1) is 5.10 Å². The summed E-state index contributed by atoms with van der Waals surface area (Å²) >= 11 is 0. The maximum Gasteiger partial charge on any atom is 0.287 e. The lowest BCUT2D eigenvalue weighted by atomic mass is 10.1. The third kappa shape index (κ3) is 2.70. The molecule has 0 aliphatic carbocycles. The molecule has 7 nitrogen and oxygen atoms in total. The number of rotatable bonds is 4. The number of amides is 1. The van der Waals surface area contributed by atoms with Crippen LogP contribution in [0.3, 0.4) is 0 Å². The monoisotopic (exact) mass is 247 g/mol. The minimum Gasteiger partial charge on any atom is -0.386 e. The number of benzene rings is 1. The van der Waals surface area contributed by atoms with Gasteiger partial charge in [-0.2, -0.15) is 0 Å². The van der Waals surface area contributed by atoms with Gasteiger partial charge < -0.3 is 5.11 Å². The number of aliphatic hydroxyl groups is 1. The first-order valence-corrected chi connectivity index (χ1v) is 5.35. The van der Waals surface area contributed by atoms with E-state index < -0.39 is 12.0 Å². The van der Waals surface area contributed by atoms with Gasteiger partial charge in [-0.05, 0) is 5.56 Å². The highest BCUT2D eigenvalue weighted by Crippen LogP contribution is 2.13. The first-order chi connectivity index (χ1) is 8.70. The van der Waals surface area contributed by atoms with Crippen molar-refractivity contribution >= 4 is 5.91 Å². The van der Waals surface area contributed by atoms with Crippen LogP contribution in [0.1, 0.15) is 22.2 Å². The molecule has 2 rings (SSSR count). The summed E-state index contributed by atoms with van der Waals surface area (Å²) in [5, 5.41) is 17.3. The van der Waals surface area contributed by atoms with Crippen LogP contribution >= 0.6 is 0 Å². The fourth-order valence-electron chi connectivity index (χ4n) is 1.52. The summed E-state index contributed by atoms with van der Waals surface area (Å²) in [5.74, 6) is 4.46. The molecule has 1 atom stereocenters. The van der Waals surface area contributed by atoms with Crippen molar-refractivity contribution in [1.82, 2.24) is 20.4 Å². The highest BCUT2D eigenvalue weighted by Gasteiger charge is 2.12. The second kappa shape index (κ2) is 5.39. The van der Waals surface area contributed by atoms with E-state index in [-0.39, 0.29) is 12.2 Å². The summed E-state index contributed by atoms with van der Waals surface area (Å²) < 4.78 is 1.39. The Balaban J connectivity index is 2.06. The Bertz CT molecular complexity index is 525. The van der Waals surface area contributed by atoms with E-state index in [1.807, 2.05) is 35.8 Å². The fourth-order valence-corrected chi connectivity index (χ4v) is 1.52. The number of aliphatic hydroxyl groups excluding tert-OH is 1. The Morgan fingerprint density at radius 1 is 1.44 bits per heavy atom. The number of aromatic nitrogens is 3. The number of nitrogens with zero attached hydrogens (tertiary/aromatic N) is 3. The Morgan fingerprint density at radius 2 is 2.17 bits per heavy atom. The van der Waals surface area contributed by atoms with Crippen LogP contribution in [0.5, 0.6) is 0 Å². The van der Waals surface area contributed by atoms with Crippen molar-refractivity contribution in [3.05, 3.63) is 47.8 Å². The van der Waals surface area contributed by atoms with Gasteiger partial charge in [0.25, 0.3) is 5.91 Å². The Hall–Kier alpha value is -2.25. The molecule has 4 N–H and O–H groups in total. The molecule has 1 heterocycles. The predicted molar refractivity (Wildman–Crippen MR) is 63.1 cm³/mol. The van der Waals surface area contributed by atoms with E-state index >= 15 is 0 Å². The molecule has 1 aromatic carbocycles. The maximum absolute atomic E-state index is 11.2. The van der Waals surface area contributed by atoms with Crippen molar-refractivity contribution in [1.29, 1.82) is 0 Å². The summed E-state index contributed by atoms with van der Waals surface area (Å²) in [6, 6.07) is 9.18. The van der Waals surface area contributed by atoms with Crippen LogP contribution in [0.4, 0.5) is 0 Å². The Morgan fingerprint density at radius 3 is 2.83 bits per heavy atom. The lowest BCUT2D eigenvalue weighted by molar-refractivity contribution is 0.0948. The highest BCUT2D eigenvalue weighted by atomic mass is 16.3. The van der Waals surface area contributed by atoms with Crippen LogP contribution in [0.25, 0.3) is 0 Å². The molecule has 0 saturated carbocycles. The molecule has 7 heteroatoms. The van der Waals surface area contributed by atoms with E-state index in [4.69, 9.17) is 5.84 Å². The topological polar surface area (TPSA) is 106 Å². The van der Waals surface area contributed by atoms with Crippen LogP contribution < -0.4 is 11.3 Å². The van der Waals surface area contributed by atoms with Crippen molar-refractivity contribution in [3.63, 3.8) is 0 Å². The van der Waals surface area contributed by atoms with Gasteiger partial charge in [0.2, 0.25) is 0 Å². The van der Waals surface area contributed by atoms with E-state index in [0.29, 0.717) is 0 Å². The molecule has 94 valence electrons. The fraction of sp³-hybridized carbons (Fsp3) is 0.182. The number of nitrogens with one attached hydrogen (secondary N) is 1. The van der Waals surface area contributed by atoms with Crippen molar-refractivity contribution < 1.29 is 9.90 Å². The molecule has 18 heavy (non-hydrogen) atoms. The van der Waals surface area contributed by atoms with Crippen LogP contribution in [-0.4, -0.2) is 26.0 Å². The van der Waals surface area contributed by atoms with Crippen molar-refractivity contribution in [2.24, 2.45) is 5.84 Å². The normalized spacial score (nSPS) is 12.1. The number of hydrazine groups is 1. The van der Waals surface area contributed by atoms with Crippen molar-refractivity contribution in [2.75, 3.05) is 0 Å². The summed E-state index contributed by atoms with van der Waals surface area (Å²) in [5.41, 5.74) is 2.85. The van der Waals surface area contributed by atoms with Gasteiger partial charge in [0, 0.05) is 0 Å². The van der Waals surface area contributed by atoms with Crippen molar-refractivity contribution in [2.45, 2.75) is 12.6 Å². The van der Waals surface area contributed by atoms with Crippen LogP contribution in [0.15, 0.2) is 36.5 Å². The average Bonchev–Trinajstić information content (AvgIpc) is 2.87. The molecule has 0 aliphatic rings. The molecule has 0 unspecified atom stereocenters. The molecular formula is C11H13N5O2. The molecule has 0 bridgehead atoms. The zero-order valence-electron chi connectivity index (χ0n) is 9.52. The molecule has 0 spiro atoms. The third-order valence-corrected chi connectivity index (χ3v) is 2.45. The Kier molecular flexibility index (Phi) is 3.66. The van der Waals surface area contributed by atoms with E-state index in [0.717, 1.165) is 5.56 Å². The minimum absolute atomic E-state index is 0.109. The zero-order chi connectivity index (χ0) is 13.0. The smallest absolute Gasteiger partial charge is 0.287 e. The molecule has 2 aromatic rings. The Labute approximate surface area is 103 Å². The number of carbonyl (C=O) groups is 1. The number of carbonyl (C=O) groups excluding carboxylic acids is 1. The van der Waals surface area contributed by atoms with Crippen LogP contribution in [0, 0.1) is 0 Å². The lowest BCUT2D eigenvalue weighted by Crippen LogP contribution is -2.30. The van der Waals surface area contributed by atoms with Gasteiger partial charge in [0.1, 0.15) is 0 Å². The van der Waals surface area contributed by atoms with Crippen LogP contribution in [-0.2, 0) is 6.54 Å². The lowest BCUT2D eigenvalue weighted by Gasteiger charge is -2.09. The van der Waals surface area contributed by atoms with Gasteiger partial charge in [-0.3, -0.25) is 10.2 Å². The standard InChI is InChI=1S/C11H13N5O2/c12-13-11(18)9-6-16(15-14-9)7-10(17)8-4-2-1-3-5-8/h1-6,10,17H,7,12H2,(H,13,18)/t10-/m1/s1. The highest BCUT2D eigenvalue weighted by molar-refractivity contribution is 5.91. The number of hydrogen-bond acceptors (Lipinski definition) is 5. The predicted octanol–water partition coefficient (Wildman–Crippen LogP) is -0.385. The van der Waals surface area contributed by atoms with Gasteiger partial charge >= 0.3 is 0 Å². The minimum atomic E-state index is -0.707. The molecule has 0 radical (unpaired) electrons. The average molecular weight is 247 g/mol. The molecule has 1 aromatic heterocycles. The quantitative estimate of drug-likeness (QED) is 0.388. The second-order valence-corrected chi connectivity index (χ2v) is 3.73. The van der Waals surface area contributed by atoms with E-state index in [2.05, 4.69) is 10.3 Å². The molecular weight excluding hydrogens is 234 g/mol. The number of nitrogen functional groups attached to an aromatic ring is 1. The molecule has 0 aliphatic heterocycles. The largest absolute Gasteiger partial charge is 0.386 e. The van der Waals surface area contributed by atoms with E-state index in [9.17, 15) is 9.90 Å². The summed E-state index contributed by atoms with van der Waals surface area (Å²) in [7, 11) is 0. The second-order valence-electron chi connectivity index (χ2n) is 3.73. The zero-order valence-corrected chi connectivity index (χ0v) is 9.52. The number of hydrogen-bond donors (Lipinski definition) is 3. The molecule has 0 fully saturated rings. The summed E-state index contributed by atoms with van der Waals surface area (Å²) in [4.78, 5) is 11.2. The third-order valence-electron chi connectivity index (χ3n) is 2.45.